The zero-order valence-corrected chi connectivity index (χ0v) is 6.92. The molecule has 0 aliphatic heterocycles. The maximum absolute atomic E-state index is 10.9. The van der Waals surface area contributed by atoms with Crippen LogP contribution in [-0.2, 0) is 6.54 Å². The van der Waals surface area contributed by atoms with Crippen LogP contribution < -0.4 is 10.6 Å². The molecule has 0 bridgehead atoms. The lowest BCUT2D eigenvalue weighted by atomic mass is 10.6. The van der Waals surface area contributed by atoms with Crippen molar-refractivity contribution >= 4 is 6.03 Å². The fourth-order valence-corrected chi connectivity index (χ4v) is 0.782. The van der Waals surface area contributed by atoms with Crippen LogP contribution in [0.5, 0.6) is 0 Å². The van der Waals surface area contributed by atoms with Crippen molar-refractivity contribution in [1.29, 1.82) is 0 Å². The Morgan fingerprint density at radius 3 is 3.08 bits per heavy atom. The predicted octanol–water partition coefficient (Wildman–Crippen LogP) is 0.229. The summed E-state index contributed by atoms with van der Waals surface area (Å²) in [6.07, 6.45) is 3.36. The van der Waals surface area contributed by atoms with E-state index in [1.165, 1.54) is 0 Å². The van der Waals surface area contributed by atoms with Crippen LogP contribution >= 0.6 is 0 Å². The molecule has 0 atom stereocenters. The van der Waals surface area contributed by atoms with Crippen molar-refractivity contribution in [3.8, 4) is 0 Å². The summed E-state index contributed by atoms with van der Waals surface area (Å²) >= 11 is 0. The van der Waals surface area contributed by atoms with Crippen molar-refractivity contribution in [2.75, 3.05) is 6.54 Å². The molecule has 0 aliphatic rings. The number of hydrogen-bond acceptors (Lipinski definition) is 2. The van der Waals surface area contributed by atoms with Crippen molar-refractivity contribution in [3.05, 3.63) is 18.2 Å². The zero-order chi connectivity index (χ0) is 8.81. The van der Waals surface area contributed by atoms with E-state index < -0.39 is 0 Å². The number of carbonyl (C=O) groups is 1. The minimum atomic E-state index is -0.172. The number of nitrogens with zero attached hydrogens (tertiary/aromatic N) is 1. The number of imidazole rings is 1. The van der Waals surface area contributed by atoms with Gasteiger partial charge in [-0.25, -0.2) is 9.78 Å². The normalized spacial score (nSPS) is 9.42. The molecule has 2 amide bonds. The average molecular weight is 168 g/mol. The summed E-state index contributed by atoms with van der Waals surface area (Å²) in [7, 11) is 0. The number of urea groups is 1. The molecule has 0 unspecified atom stereocenters. The molecule has 0 spiro atoms. The lowest BCUT2D eigenvalue weighted by Gasteiger charge is -2.02. The van der Waals surface area contributed by atoms with E-state index in [-0.39, 0.29) is 6.03 Å². The van der Waals surface area contributed by atoms with E-state index in [1.807, 2.05) is 6.92 Å². The van der Waals surface area contributed by atoms with Crippen LogP contribution in [0.1, 0.15) is 12.7 Å². The van der Waals surface area contributed by atoms with E-state index in [4.69, 9.17) is 0 Å². The Balaban J connectivity index is 2.22. The Bertz CT molecular complexity index is 232. The topological polar surface area (TPSA) is 69.8 Å². The summed E-state index contributed by atoms with van der Waals surface area (Å²) < 4.78 is 0. The Kier molecular flexibility index (Phi) is 3.13. The Labute approximate surface area is 70.6 Å². The number of nitrogens with one attached hydrogen (secondary N) is 3. The zero-order valence-electron chi connectivity index (χ0n) is 6.92. The van der Waals surface area contributed by atoms with E-state index >= 15 is 0 Å². The molecule has 1 aromatic rings. The number of carbonyl (C=O) groups excluding carboxylic acids is 1. The predicted molar refractivity (Wildman–Crippen MR) is 44.5 cm³/mol. The summed E-state index contributed by atoms with van der Waals surface area (Å²) in [6, 6.07) is -0.172. The summed E-state index contributed by atoms with van der Waals surface area (Å²) in [4.78, 5) is 17.7. The molecule has 0 saturated carbocycles. The molecular weight excluding hydrogens is 156 g/mol. The lowest BCUT2D eigenvalue weighted by molar-refractivity contribution is 0.241. The Hall–Kier alpha value is -1.52. The first-order chi connectivity index (χ1) is 5.83. The van der Waals surface area contributed by atoms with Crippen molar-refractivity contribution < 1.29 is 4.79 Å². The van der Waals surface area contributed by atoms with Gasteiger partial charge in [0.05, 0.1) is 6.54 Å². The van der Waals surface area contributed by atoms with Gasteiger partial charge in [0, 0.05) is 18.9 Å². The molecule has 1 aromatic heterocycles. The van der Waals surface area contributed by atoms with Crippen LogP contribution in [0.3, 0.4) is 0 Å². The number of amides is 2. The number of hydrogen-bond donors (Lipinski definition) is 3. The van der Waals surface area contributed by atoms with Crippen LogP contribution in [0.2, 0.25) is 0 Å². The first-order valence-corrected chi connectivity index (χ1v) is 3.83. The highest BCUT2D eigenvalue weighted by Crippen LogP contribution is 1.85. The number of aromatic amines is 1. The van der Waals surface area contributed by atoms with Gasteiger partial charge < -0.3 is 15.6 Å². The van der Waals surface area contributed by atoms with Crippen molar-refractivity contribution in [2.24, 2.45) is 0 Å². The molecular formula is C7H12N4O. The molecule has 3 N–H and O–H groups in total. The highest BCUT2D eigenvalue weighted by molar-refractivity contribution is 5.73. The van der Waals surface area contributed by atoms with Gasteiger partial charge in [-0.3, -0.25) is 0 Å². The molecule has 0 aromatic carbocycles. The maximum atomic E-state index is 10.9. The van der Waals surface area contributed by atoms with Gasteiger partial charge in [-0.05, 0) is 6.92 Å². The van der Waals surface area contributed by atoms with Gasteiger partial charge in [0.1, 0.15) is 5.82 Å². The highest BCUT2D eigenvalue weighted by Gasteiger charge is 1.98. The molecule has 0 aliphatic carbocycles. The van der Waals surface area contributed by atoms with E-state index in [0.29, 0.717) is 13.1 Å². The number of rotatable bonds is 3. The van der Waals surface area contributed by atoms with E-state index in [2.05, 4.69) is 20.6 Å². The van der Waals surface area contributed by atoms with Crippen molar-refractivity contribution in [2.45, 2.75) is 13.5 Å². The standard InChI is InChI=1S/C7H12N4O/c1-2-8-7(12)11-5-6-9-3-4-10-6/h3-4H,2,5H2,1H3,(H,9,10)(H2,8,11,12). The van der Waals surface area contributed by atoms with Gasteiger partial charge in [-0.1, -0.05) is 0 Å². The molecule has 0 saturated heterocycles. The number of H-pyrrole nitrogens is 1. The Morgan fingerprint density at radius 2 is 2.50 bits per heavy atom. The molecule has 1 heterocycles. The van der Waals surface area contributed by atoms with Crippen LogP contribution in [-0.4, -0.2) is 22.5 Å². The molecule has 12 heavy (non-hydrogen) atoms. The second-order valence-corrected chi connectivity index (χ2v) is 2.25. The third-order valence-electron chi connectivity index (χ3n) is 1.31. The third kappa shape index (κ3) is 2.61. The largest absolute Gasteiger partial charge is 0.347 e. The van der Waals surface area contributed by atoms with Crippen molar-refractivity contribution in [1.82, 2.24) is 20.6 Å². The fraction of sp³-hybridized carbons (Fsp3) is 0.429. The van der Waals surface area contributed by atoms with E-state index in [0.717, 1.165) is 5.82 Å². The second-order valence-electron chi connectivity index (χ2n) is 2.25. The minimum Gasteiger partial charge on any atom is -0.347 e. The average Bonchev–Trinajstić information content (AvgIpc) is 2.53. The molecule has 5 heteroatoms. The van der Waals surface area contributed by atoms with Gasteiger partial charge in [0.15, 0.2) is 0 Å². The summed E-state index contributed by atoms with van der Waals surface area (Å²) in [6.45, 7) is 2.93. The van der Waals surface area contributed by atoms with Crippen LogP contribution in [0.4, 0.5) is 4.79 Å². The second kappa shape index (κ2) is 4.38. The molecule has 66 valence electrons. The molecule has 0 fully saturated rings. The minimum absolute atomic E-state index is 0.172. The van der Waals surface area contributed by atoms with Gasteiger partial charge >= 0.3 is 6.03 Å². The monoisotopic (exact) mass is 168 g/mol. The van der Waals surface area contributed by atoms with Crippen LogP contribution in [0, 0.1) is 0 Å². The van der Waals surface area contributed by atoms with E-state index in [9.17, 15) is 4.79 Å². The highest BCUT2D eigenvalue weighted by atomic mass is 16.2. The first-order valence-electron chi connectivity index (χ1n) is 3.83. The van der Waals surface area contributed by atoms with Gasteiger partial charge in [0.25, 0.3) is 0 Å². The summed E-state index contributed by atoms with van der Waals surface area (Å²) in [5, 5.41) is 5.26. The third-order valence-corrected chi connectivity index (χ3v) is 1.31. The van der Waals surface area contributed by atoms with Crippen LogP contribution in [0.25, 0.3) is 0 Å². The van der Waals surface area contributed by atoms with Gasteiger partial charge in [-0.15, -0.1) is 0 Å². The lowest BCUT2D eigenvalue weighted by Crippen LogP contribution is -2.34. The van der Waals surface area contributed by atoms with Gasteiger partial charge in [-0.2, -0.15) is 0 Å². The summed E-state index contributed by atoms with van der Waals surface area (Å²) in [5.41, 5.74) is 0. The molecule has 0 radical (unpaired) electrons. The first kappa shape index (κ1) is 8.58. The maximum Gasteiger partial charge on any atom is 0.315 e. The quantitative estimate of drug-likeness (QED) is 0.604. The van der Waals surface area contributed by atoms with Crippen molar-refractivity contribution in [3.63, 3.8) is 0 Å². The fourth-order valence-electron chi connectivity index (χ4n) is 0.782. The molecule has 5 nitrogen and oxygen atoms in total. The SMILES string of the molecule is CCNC(=O)NCc1ncc[nH]1. The molecule has 1 rings (SSSR count). The van der Waals surface area contributed by atoms with Gasteiger partial charge in [0.2, 0.25) is 0 Å². The van der Waals surface area contributed by atoms with Crippen LogP contribution in [0.15, 0.2) is 12.4 Å². The number of aromatic nitrogens is 2. The summed E-state index contributed by atoms with van der Waals surface area (Å²) in [5.74, 6) is 0.751. The smallest absolute Gasteiger partial charge is 0.315 e. The Morgan fingerprint density at radius 1 is 1.67 bits per heavy atom. The van der Waals surface area contributed by atoms with E-state index in [1.54, 1.807) is 12.4 Å².